The number of carbonyl (C=O) groups excluding carboxylic acids is 3. The van der Waals surface area contributed by atoms with Gasteiger partial charge in [-0.05, 0) is 54.1 Å². The summed E-state index contributed by atoms with van der Waals surface area (Å²) < 4.78 is 28.8. The summed E-state index contributed by atoms with van der Waals surface area (Å²) in [4.78, 5) is 36.3. The van der Waals surface area contributed by atoms with Gasteiger partial charge in [-0.1, -0.05) is 18.2 Å². The number of Topliss-reactive ketones (excluding diaryl/α,β-unsaturated/α-hetero) is 1. The summed E-state index contributed by atoms with van der Waals surface area (Å²) >= 11 is 0. The van der Waals surface area contributed by atoms with Gasteiger partial charge >= 0.3 is 11.9 Å². The summed E-state index contributed by atoms with van der Waals surface area (Å²) in [5.41, 5.74) is 1.43. The Kier molecular flexibility index (Phi) is 5.32. The zero-order valence-corrected chi connectivity index (χ0v) is 16.3. The highest BCUT2D eigenvalue weighted by Gasteiger charge is 2.28. The Morgan fingerprint density at radius 1 is 0.935 bits per heavy atom. The number of fused-ring (bicyclic) bond motifs is 1. The van der Waals surface area contributed by atoms with Crippen molar-refractivity contribution in [2.75, 3.05) is 7.11 Å². The molecule has 0 unspecified atom stereocenters. The summed E-state index contributed by atoms with van der Waals surface area (Å²) in [5.74, 6) is -1.57. The van der Waals surface area contributed by atoms with E-state index in [2.05, 4.69) is 4.74 Å². The molecule has 3 aromatic rings. The molecule has 154 valence electrons. The van der Waals surface area contributed by atoms with Crippen LogP contribution in [0.15, 0.2) is 72.5 Å². The van der Waals surface area contributed by atoms with Gasteiger partial charge in [0.15, 0.2) is 5.76 Å². The molecular weight excluding hydrogens is 403 g/mol. The van der Waals surface area contributed by atoms with Crippen LogP contribution in [0.1, 0.15) is 36.6 Å². The third-order valence-electron chi connectivity index (χ3n) is 4.54. The molecule has 31 heavy (non-hydrogen) atoms. The minimum atomic E-state index is -0.731. The van der Waals surface area contributed by atoms with Crippen LogP contribution < -0.4 is 9.47 Å². The van der Waals surface area contributed by atoms with E-state index in [1.165, 1.54) is 43.5 Å². The fourth-order valence-electron chi connectivity index (χ4n) is 3.00. The van der Waals surface area contributed by atoms with Crippen molar-refractivity contribution in [3.63, 3.8) is 0 Å². The van der Waals surface area contributed by atoms with Crippen molar-refractivity contribution < 1.29 is 33.0 Å². The minimum Gasteiger partial charge on any atom is -0.465 e. The maximum atomic E-state index is 13.3. The number of halogens is 1. The highest BCUT2D eigenvalue weighted by Crippen LogP contribution is 2.35. The average Bonchev–Trinajstić information content (AvgIpc) is 3.08. The van der Waals surface area contributed by atoms with Gasteiger partial charge in [-0.3, -0.25) is 4.79 Å². The molecular formula is C24H15FO6. The van der Waals surface area contributed by atoms with Gasteiger partial charge in [0.05, 0.1) is 23.8 Å². The largest absolute Gasteiger partial charge is 0.465 e. The van der Waals surface area contributed by atoms with Crippen molar-refractivity contribution in [1.29, 1.82) is 0 Å². The van der Waals surface area contributed by atoms with Gasteiger partial charge in [-0.2, -0.15) is 0 Å². The van der Waals surface area contributed by atoms with E-state index in [0.29, 0.717) is 16.7 Å². The first-order chi connectivity index (χ1) is 14.9. The molecule has 6 nitrogen and oxygen atoms in total. The maximum absolute atomic E-state index is 13.3. The van der Waals surface area contributed by atoms with Crippen LogP contribution in [-0.4, -0.2) is 24.8 Å². The Bertz CT molecular complexity index is 1230. The first-order valence-corrected chi connectivity index (χ1v) is 9.19. The number of allylic oxidation sites excluding steroid dienone is 1. The molecule has 0 saturated carbocycles. The molecule has 1 aliphatic rings. The number of carbonyl (C=O) groups is 3. The van der Waals surface area contributed by atoms with E-state index < -0.39 is 17.8 Å². The predicted molar refractivity (Wildman–Crippen MR) is 109 cm³/mol. The fourth-order valence-corrected chi connectivity index (χ4v) is 3.00. The summed E-state index contributed by atoms with van der Waals surface area (Å²) in [7, 11) is 1.30. The Labute approximate surface area is 176 Å². The number of methoxy groups -OCH3 is 1. The summed E-state index contributed by atoms with van der Waals surface area (Å²) in [5, 5.41) is 0. The molecule has 0 aromatic heterocycles. The number of hydrogen-bond donors (Lipinski definition) is 0. The number of ether oxygens (including phenoxy) is 3. The number of ketones is 1. The van der Waals surface area contributed by atoms with Crippen LogP contribution >= 0.6 is 0 Å². The van der Waals surface area contributed by atoms with E-state index in [9.17, 15) is 18.8 Å². The summed E-state index contributed by atoms with van der Waals surface area (Å²) in [6.45, 7) is 0. The van der Waals surface area contributed by atoms with E-state index in [0.717, 1.165) is 6.07 Å². The topological polar surface area (TPSA) is 78.9 Å². The molecule has 3 aromatic carbocycles. The lowest BCUT2D eigenvalue weighted by Gasteiger charge is -2.05. The third-order valence-corrected chi connectivity index (χ3v) is 4.54. The van der Waals surface area contributed by atoms with Crippen molar-refractivity contribution in [2.24, 2.45) is 0 Å². The van der Waals surface area contributed by atoms with Crippen LogP contribution in [0.3, 0.4) is 0 Å². The number of rotatable bonds is 4. The molecule has 1 aliphatic heterocycles. The molecule has 0 amide bonds. The Hall–Kier alpha value is -4.26. The van der Waals surface area contributed by atoms with Crippen LogP contribution in [0.2, 0.25) is 0 Å². The van der Waals surface area contributed by atoms with Gasteiger partial charge < -0.3 is 14.2 Å². The molecule has 0 spiro atoms. The quantitative estimate of drug-likeness (QED) is 0.354. The minimum absolute atomic E-state index is 0.0634. The van der Waals surface area contributed by atoms with Crippen molar-refractivity contribution in [2.45, 2.75) is 0 Å². The van der Waals surface area contributed by atoms with E-state index in [1.807, 2.05) is 0 Å². The Balaban J connectivity index is 1.52. The van der Waals surface area contributed by atoms with Crippen LogP contribution in [0, 0.1) is 5.82 Å². The number of esters is 2. The van der Waals surface area contributed by atoms with Crippen molar-refractivity contribution in [1.82, 2.24) is 0 Å². The van der Waals surface area contributed by atoms with Gasteiger partial charge in [0.25, 0.3) is 0 Å². The van der Waals surface area contributed by atoms with Crippen molar-refractivity contribution in [3.8, 4) is 11.5 Å². The van der Waals surface area contributed by atoms with Gasteiger partial charge in [0.1, 0.15) is 17.3 Å². The normalized spacial score (nSPS) is 13.5. The monoisotopic (exact) mass is 418 g/mol. The maximum Gasteiger partial charge on any atom is 0.343 e. The molecule has 0 aliphatic carbocycles. The van der Waals surface area contributed by atoms with Crippen molar-refractivity contribution in [3.05, 3.63) is 101 Å². The standard InChI is InChI=1S/C24H15FO6/c1-29-23(27)15-7-5-14(6-8-15)11-21-22(26)19-10-9-18(13-20(19)31-21)30-24(28)16-3-2-4-17(25)12-16/h2-13H,1H3/b21-11-. The molecule has 0 fully saturated rings. The lowest BCUT2D eigenvalue weighted by Crippen LogP contribution is -2.08. The fraction of sp³-hybridized carbons (Fsp3) is 0.0417. The second-order valence-corrected chi connectivity index (χ2v) is 6.61. The first kappa shape index (κ1) is 20.0. The zero-order valence-electron chi connectivity index (χ0n) is 16.3. The molecule has 7 heteroatoms. The third kappa shape index (κ3) is 4.20. The smallest absolute Gasteiger partial charge is 0.343 e. The van der Waals surface area contributed by atoms with E-state index in [4.69, 9.17) is 9.47 Å². The van der Waals surface area contributed by atoms with Crippen LogP contribution in [0.5, 0.6) is 11.5 Å². The lowest BCUT2D eigenvalue weighted by atomic mass is 10.1. The highest BCUT2D eigenvalue weighted by atomic mass is 19.1. The van der Waals surface area contributed by atoms with E-state index in [-0.39, 0.29) is 28.6 Å². The molecule has 4 rings (SSSR count). The molecule has 0 radical (unpaired) electrons. The van der Waals surface area contributed by atoms with Gasteiger partial charge in [0, 0.05) is 6.07 Å². The second-order valence-electron chi connectivity index (χ2n) is 6.61. The second kappa shape index (κ2) is 8.23. The first-order valence-electron chi connectivity index (χ1n) is 9.19. The highest BCUT2D eigenvalue weighted by molar-refractivity contribution is 6.14. The van der Waals surface area contributed by atoms with Gasteiger partial charge in [-0.15, -0.1) is 0 Å². The molecule has 0 saturated heterocycles. The van der Waals surface area contributed by atoms with E-state index in [1.54, 1.807) is 30.3 Å². The molecule has 0 bridgehead atoms. The van der Waals surface area contributed by atoms with Crippen LogP contribution in [-0.2, 0) is 4.74 Å². The molecule has 0 atom stereocenters. The van der Waals surface area contributed by atoms with Crippen molar-refractivity contribution >= 4 is 23.8 Å². The van der Waals surface area contributed by atoms with E-state index >= 15 is 0 Å². The van der Waals surface area contributed by atoms with Gasteiger partial charge in [-0.25, -0.2) is 14.0 Å². The summed E-state index contributed by atoms with van der Waals surface area (Å²) in [6, 6.07) is 16.0. The van der Waals surface area contributed by atoms with Crippen LogP contribution in [0.4, 0.5) is 4.39 Å². The van der Waals surface area contributed by atoms with Gasteiger partial charge in [0.2, 0.25) is 5.78 Å². The summed E-state index contributed by atoms with van der Waals surface area (Å²) in [6.07, 6.45) is 1.54. The zero-order chi connectivity index (χ0) is 22.0. The molecule has 1 heterocycles. The SMILES string of the molecule is COC(=O)c1ccc(/C=C2\Oc3cc(OC(=O)c4cccc(F)c4)ccc3C2=O)cc1. The molecule has 0 N–H and O–H groups in total. The Morgan fingerprint density at radius 2 is 1.71 bits per heavy atom. The average molecular weight is 418 g/mol. The Morgan fingerprint density at radius 3 is 2.42 bits per heavy atom. The van der Waals surface area contributed by atoms with Crippen LogP contribution in [0.25, 0.3) is 6.08 Å². The number of hydrogen-bond acceptors (Lipinski definition) is 6. The number of benzene rings is 3. The lowest BCUT2D eigenvalue weighted by molar-refractivity contribution is 0.0600. The predicted octanol–water partition coefficient (Wildman–Crippen LogP) is 4.45.